The fraction of sp³-hybridized carbons (Fsp3) is 0.105. The highest BCUT2D eigenvalue weighted by atomic mass is 35.5. The van der Waals surface area contributed by atoms with E-state index in [9.17, 15) is 9.59 Å². The van der Waals surface area contributed by atoms with Gasteiger partial charge in [0.25, 0.3) is 5.91 Å². The van der Waals surface area contributed by atoms with E-state index in [1.165, 1.54) is 6.92 Å². The molecular weight excluding hydrogens is 375 g/mol. The number of carbonyl (C=O) groups is 2. The molecule has 5 nitrogen and oxygen atoms in total. The van der Waals surface area contributed by atoms with Crippen molar-refractivity contribution in [2.75, 3.05) is 5.32 Å². The smallest absolute Gasteiger partial charge is 0.338 e. The van der Waals surface area contributed by atoms with Crippen molar-refractivity contribution in [2.24, 2.45) is 0 Å². The molecule has 0 spiro atoms. The number of nitrogens with one attached hydrogen (secondary N) is 1. The Balaban J connectivity index is 1.68. The van der Waals surface area contributed by atoms with E-state index in [0.29, 0.717) is 26.9 Å². The van der Waals surface area contributed by atoms with E-state index in [4.69, 9.17) is 27.9 Å². The fourth-order valence-corrected chi connectivity index (χ4v) is 2.66. The molecule has 3 aromatic rings. The highest BCUT2D eigenvalue weighted by molar-refractivity contribution is 6.31. The molecule has 2 aromatic carbocycles. The third-order valence-electron chi connectivity index (χ3n) is 3.64. The number of halogens is 2. The molecule has 1 amide bonds. The van der Waals surface area contributed by atoms with Crippen molar-refractivity contribution in [1.29, 1.82) is 0 Å². The highest BCUT2D eigenvalue weighted by Gasteiger charge is 2.19. The molecule has 132 valence electrons. The maximum Gasteiger partial charge on any atom is 0.338 e. The Bertz CT molecular complexity index is 991. The van der Waals surface area contributed by atoms with Gasteiger partial charge in [-0.05, 0) is 55.5 Å². The third-order valence-corrected chi connectivity index (χ3v) is 4.08. The first kappa shape index (κ1) is 18.2. The van der Waals surface area contributed by atoms with Gasteiger partial charge in [0.2, 0.25) is 0 Å². The molecule has 3 rings (SSSR count). The lowest BCUT2D eigenvalue weighted by molar-refractivity contribution is -0.123. The number of hydrogen-bond acceptors (Lipinski definition) is 4. The van der Waals surface area contributed by atoms with Crippen molar-refractivity contribution >= 4 is 51.7 Å². The van der Waals surface area contributed by atoms with Gasteiger partial charge in [0.1, 0.15) is 5.15 Å². The Kier molecular flexibility index (Phi) is 5.40. The van der Waals surface area contributed by atoms with Crippen LogP contribution in [0.5, 0.6) is 0 Å². The van der Waals surface area contributed by atoms with E-state index in [1.807, 2.05) is 0 Å². The van der Waals surface area contributed by atoms with Gasteiger partial charge in [0, 0.05) is 16.1 Å². The zero-order valence-electron chi connectivity index (χ0n) is 13.7. The molecule has 0 saturated heterocycles. The Labute approximate surface area is 159 Å². The second-order valence-electron chi connectivity index (χ2n) is 5.59. The lowest BCUT2D eigenvalue weighted by atomic mass is 10.1. The van der Waals surface area contributed by atoms with Crippen LogP contribution in [-0.2, 0) is 9.53 Å². The molecule has 1 atom stereocenters. The number of benzene rings is 2. The first-order chi connectivity index (χ1) is 12.4. The number of carbonyl (C=O) groups excluding carboxylic acids is 2. The largest absolute Gasteiger partial charge is 0.449 e. The molecular formula is C19H14Cl2N2O3. The topological polar surface area (TPSA) is 68.3 Å². The van der Waals surface area contributed by atoms with Crippen LogP contribution in [0.4, 0.5) is 5.69 Å². The van der Waals surface area contributed by atoms with Crippen LogP contribution in [0.25, 0.3) is 10.9 Å². The number of amides is 1. The first-order valence-corrected chi connectivity index (χ1v) is 8.52. The minimum atomic E-state index is -0.972. The Morgan fingerprint density at radius 3 is 2.65 bits per heavy atom. The summed E-state index contributed by atoms with van der Waals surface area (Å²) in [7, 11) is 0. The summed E-state index contributed by atoms with van der Waals surface area (Å²) in [6.07, 6.45) is -0.972. The Morgan fingerprint density at radius 1 is 1.08 bits per heavy atom. The van der Waals surface area contributed by atoms with Crippen molar-refractivity contribution < 1.29 is 14.3 Å². The monoisotopic (exact) mass is 388 g/mol. The van der Waals surface area contributed by atoms with Gasteiger partial charge >= 0.3 is 5.97 Å². The Hall–Kier alpha value is -2.63. The minimum Gasteiger partial charge on any atom is -0.449 e. The van der Waals surface area contributed by atoms with E-state index in [2.05, 4.69) is 10.3 Å². The standard InChI is InChI=1S/C19H14Cl2N2O3/c1-11(18(24)22-15-4-2-3-14(20)10-15)26-19(25)13-5-7-16-12(9-13)6-8-17(21)23-16/h2-11H,1H3,(H,22,24). The molecule has 26 heavy (non-hydrogen) atoms. The van der Waals surface area contributed by atoms with Crippen molar-refractivity contribution in [3.8, 4) is 0 Å². The number of anilines is 1. The number of aromatic nitrogens is 1. The second kappa shape index (κ2) is 7.72. The van der Waals surface area contributed by atoms with Crippen molar-refractivity contribution in [1.82, 2.24) is 4.98 Å². The lowest BCUT2D eigenvalue weighted by Gasteiger charge is -2.14. The molecule has 0 radical (unpaired) electrons. The predicted octanol–water partition coefficient (Wildman–Crippen LogP) is 4.73. The summed E-state index contributed by atoms with van der Waals surface area (Å²) in [5.74, 6) is -1.05. The quantitative estimate of drug-likeness (QED) is 0.518. The maximum absolute atomic E-state index is 12.3. The Morgan fingerprint density at radius 2 is 1.88 bits per heavy atom. The zero-order valence-corrected chi connectivity index (χ0v) is 15.2. The summed E-state index contributed by atoms with van der Waals surface area (Å²) in [6.45, 7) is 1.50. The molecule has 1 aromatic heterocycles. The number of nitrogens with zero attached hydrogens (tertiary/aromatic N) is 1. The lowest BCUT2D eigenvalue weighted by Crippen LogP contribution is -2.30. The van der Waals surface area contributed by atoms with E-state index in [1.54, 1.807) is 54.6 Å². The molecule has 0 aliphatic carbocycles. The number of hydrogen-bond donors (Lipinski definition) is 1. The summed E-state index contributed by atoms with van der Waals surface area (Å²) in [4.78, 5) is 28.6. The number of rotatable bonds is 4. The summed E-state index contributed by atoms with van der Waals surface area (Å²) < 4.78 is 5.24. The second-order valence-corrected chi connectivity index (χ2v) is 6.41. The average molecular weight is 389 g/mol. The van der Waals surface area contributed by atoms with Gasteiger partial charge < -0.3 is 10.1 Å². The zero-order chi connectivity index (χ0) is 18.7. The van der Waals surface area contributed by atoms with Gasteiger partial charge in [0.15, 0.2) is 6.10 Å². The van der Waals surface area contributed by atoms with Crippen LogP contribution in [0.1, 0.15) is 17.3 Å². The molecule has 0 bridgehead atoms. The van der Waals surface area contributed by atoms with Crippen molar-refractivity contribution in [2.45, 2.75) is 13.0 Å². The summed E-state index contributed by atoms with van der Waals surface area (Å²) >= 11 is 11.7. The molecule has 0 fully saturated rings. The van der Waals surface area contributed by atoms with Gasteiger partial charge in [-0.3, -0.25) is 4.79 Å². The molecule has 7 heteroatoms. The van der Waals surface area contributed by atoms with Gasteiger partial charge in [0.05, 0.1) is 11.1 Å². The molecule has 1 N–H and O–H groups in total. The number of ether oxygens (including phenoxy) is 1. The fourth-order valence-electron chi connectivity index (χ4n) is 2.32. The summed E-state index contributed by atoms with van der Waals surface area (Å²) in [6, 6.07) is 15.0. The maximum atomic E-state index is 12.3. The normalized spacial score (nSPS) is 11.8. The van der Waals surface area contributed by atoms with Crippen LogP contribution < -0.4 is 5.32 Å². The van der Waals surface area contributed by atoms with Gasteiger partial charge in [-0.15, -0.1) is 0 Å². The van der Waals surface area contributed by atoms with E-state index in [-0.39, 0.29) is 0 Å². The van der Waals surface area contributed by atoms with Crippen LogP contribution in [0.2, 0.25) is 10.2 Å². The van der Waals surface area contributed by atoms with E-state index in [0.717, 1.165) is 5.39 Å². The van der Waals surface area contributed by atoms with Crippen LogP contribution >= 0.6 is 23.2 Å². The van der Waals surface area contributed by atoms with Crippen molar-refractivity contribution in [3.05, 3.63) is 70.3 Å². The van der Waals surface area contributed by atoms with Crippen molar-refractivity contribution in [3.63, 3.8) is 0 Å². The van der Waals surface area contributed by atoms with Gasteiger partial charge in [-0.1, -0.05) is 29.3 Å². The molecule has 0 aliphatic rings. The average Bonchev–Trinajstić information content (AvgIpc) is 2.61. The van der Waals surface area contributed by atoms with Crippen LogP contribution in [0.15, 0.2) is 54.6 Å². The number of esters is 1. The van der Waals surface area contributed by atoms with Gasteiger partial charge in [-0.2, -0.15) is 0 Å². The molecule has 1 heterocycles. The van der Waals surface area contributed by atoms with E-state index >= 15 is 0 Å². The highest BCUT2D eigenvalue weighted by Crippen LogP contribution is 2.19. The predicted molar refractivity (Wildman–Crippen MR) is 102 cm³/mol. The first-order valence-electron chi connectivity index (χ1n) is 7.76. The van der Waals surface area contributed by atoms with Crippen LogP contribution in [-0.4, -0.2) is 23.0 Å². The molecule has 0 aliphatic heterocycles. The summed E-state index contributed by atoms with van der Waals surface area (Å²) in [5, 5.41) is 4.27. The number of pyridine rings is 1. The van der Waals surface area contributed by atoms with Gasteiger partial charge in [-0.25, -0.2) is 9.78 Å². The minimum absolute atomic E-state index is 0.323. The van der Waals surface area contributed by atoms with E-state index < -0.39 is 18.0 Å². The number of fused-ring (bicyclic) bond motifs is 1. The SMILES string of the molecule is CC(OC(=O)c1ccc2nc(Cl)ccc2c1)C(=O)Nc1cccc(Cl)c1. The molecule has 0 saturated carbocycles. The van der Waals surface area contributed by atoms with Crippen LogP contribution in [0.3, 0.4) is 0 Å². The van der Waals surface area contributed by atoms with Crippen LogP contribution in [0, 0.1) is 0 Å². The third kappa shape index (κ3) is 4.31. The summed E-state index contributed by atoms with van der Waals surface area (Å²) in [5.41, 5.74) is 1.52. The molecule has 1 unspecified atom stereocenters.